The van der Waals surface area contributed by atoms with Crippen LogP contribution in [0, 0.1) is 32.8 Å². The Hall–Kier alpha value is -2.22. The van der Waals surface area contributed by atoms with Crippen LogP contribution in [0.5, 0.6) is 0 Å². The number of aryl methyl sites for hydroxylation is 1. The number of nitrogens with zero attached hydrogens (tertiary/aromatic N) is 2. The summed E-state index contributed by atoms with van der Waals surface area (Å²) in [7, 11) is 0. The third-order valence-electron chi connectivity index (χ3n) is 7.92. The number of hydrogen-bond donors (Lipinski definition) is 1. The van der Waals surface area contributed by atoms with Crippen molar-refractivity contribution in [2.75, 3.05) is 13.2 Å². The summed E-state index contributed by atoms with van der Waals surface area (Å²) in [5.74, 6) is 2.24. The molecule has 32 heavy (non-hydrogen) atoms. The molecule has 0 aliphatic heterocycles. The zero-order valence-corrected chi connectivity index (χ0v) is 19.1. The monoisotopic (exact) mass is 447 g/mol. The van der Waals surface area contributed by atoms with Crippen LogP contribution < -0.4 is 5.73 Å². The van der Waals surface area contributed by atoms with Gasteiger partial charge in [-0.15, -0.1) is 15.0 Å². The minimum Gasteiger partial charge on any atom is -0.359 e. The van der Waals surface area contributed by atoms with E-state index in [2.05, 4.69) is 41.4 Å². The molecule has 2 fully saturated rings. The van der Waals surface area contributed by atoms with Crippen molar-refractivity contribution < 1.29 is 14.8 Å². The lowest BCUT2D eigenvalue weighted by Crippen LogP contribution is -2.50. The number of rotatable bonds is 13. The smallest absolute Gasteiger partial charge is 0.294 e. The van der Waals surface area contributed by atoms with Crippen LogP contribution >= 0.6 is 0 Å². The van der Waals surface area contributed by atoms with Crippen LogP contribution in [0.4, 0.5) is 0 Å². The van der Waals surface area contributed by atoms with E-state index in [9.17, 15) is 15.0 Å². The Balaban J connectivity index is 1.74. The van der Waals surface area contributed by atoms with E-state index in [0.29, 0.717) is 24.8 Å². The highest BCUT2D eigenvalue weighted by molar-refractivity contribution is 5.33. The van der Waals surface area contributed by atoms with Gasteiger partial charge in [-0.25, -0.2) is 0 Å². The van der Waals surface area contributed by atoms with E-state index in [1.807, 2.05) is 0 Å². The van der Waals surface area contributed by atoms with Crippen LogP contribution in [-0.4, -0.2) is 24.3 Å². The quantitative estimate of drug-likeness (QED) is 0.255. The number of fused-ring (bicyclic) bond motifs is 2. The Morgan fingerprint density at radius 3 is 2.91 bits per heavy atom. The first-order chi connectivity index (χ1) is 15.5. The van der Waals surface area contributed by atoms with E-state index >= 15 is 0 Å². The van der Waals surface area contributed by atoms with Gasteiger partial charge in [-0.2, -0.15) is 0 Å². The summed E-state index contributed by atoms with van der Waals surface area (Å²) in [6, 6.07) is 8.94. The third kappa shape index (κ3) is 5.57. The summed E-state index contributed by atoms with van der Waals surface area (Å²) in [5.41, 5.74) is 9.01. The number of benzene rings is 1. The van der Waals surface area contributed by atoms with Gasteiger partial charge in [0.15, 0.2) is 11.4 Å². The van der Waals surface area contributed by atoms with Crippen LogP contribution in [0.2, 0.25) is 0 Å². The molecule has 0 radical (unpaired) electrons. The second kappa shape index (κ2) is 11.6. The summed E-state index contributed by atoms with van der Waals surface area (Å²) in [6.07, 6.45) is 10.1. The molecule has 5 unspecified atom stereocenters. The maximum atomic E-state index is 10.4. The van der Waals surface area contributed by atoms with Gasteiger partial charge in [-0.05, 0) is 80.4 Å². The molecule has 2 aliphatic carbocycles. The minimum absolute atomic E-state index is 0.156. The van der Waals surface area contributed by atoms with Gasteiger partial charge in [0, 0.05) is 5.41 Å². The summed E-state index contributed by atoms with van der Waals surface area (Å²) >= 11 is 0. The summed E-state index contributed by atoms with van der Waals surface area (Å²) in [4.78, 5) is 29.9. The zero-order valence-electron chi connectivity index (χ0n) is 19.1. The third-order valence-corrected chi connectivity index (χ3v) is 7.92. The molecule has 0 spiro atoms. The van der Waals surface area contributed by atoms with E-state index in [4.69, 9.17) is 10.6 Å². The van der Waals surface area contributed by atoms with Gasteiger partial charge in [-0.3, -0.25) is 0 Å². The van der Waals surface area contributed by atoms with Crippen molar-refractivity contribution >= 4 is 0 Å². The fourth-order valence-electron chi connectivity index (χ4n) is 6.63. The average Bonchev–Trinajstić information content (AvgIpc) is 2.79. The molecule has 0 aromatic heterocycles. The van der Waals surface area contributed by atoms with Crippen molar-refractivity contribution in [3.63, 3.8) is 0 Å². The van der Waals surface area contributed by atoms with Gasteiger partial charge in [0.1, 0.15) is 6.61 Å². The first-order valence-corrected chi connectivity index (χ1v) is 12.1. The molecule has 2 N–H and O–H groups in total. The lowest BCUT2D eigenvalue weighted by Gasteiger charge is -2.55. The standard InChI is InChI=1S/C24H37N3O5/c1-2-20-15-19-8-4-10-22(16-19)24(20,12-13-25)21-9-3-6-18(14-21)7-5-11-23(32-26-28)17-31-27(29)30/h3,6,9,14,19-20,22-23H,2,4-5,7-8,10-13,15-17,25H2,1H3. The predicted molar refractivity (Wildman–Crippen MR) is 122 cm³/mol. The molecule has 178 valence electrons. The molecular weight excluding hydrogens is 410 g/mol. The molecule has 1 aromatic carbocycles. The van der Waals surface area contributed by atoms with Gasteiger partial charge in [0.2, 0.25) is 0 Å². The highest BCUT2D eigenvalue weighted by Gasteiger charge is 2.50. The van der Waals surface area contributed by atoms with Gasteiger partial charge in [-0.1, -0.05) is 50.5 Å². The normalized spacial score (nSPS) is 28.0. The van der Waals surface area contributed by atoms with Crippen molar-refractivity contribution in [2.24, 2.45) is 28.8 Å². The fourth-order valence-corrected chi connectivity index (χ4v) is 6.63. The molecule has 8 nitrogen and oxygen atoms in total. The molecule has 0 amide bonds. The van der Waals surface area contributed by atoms with Crippen LogP contribution in [-0.2, 0) is 21.5 Å². The van der Waals surface area contributed by atoms with Crippen LogP contribution in [0.15, 0.2) is 29.6 Å². The Morgan fingerprint density at radius 1 is 1.34 bits per heavy atom. The average molecular weight is 448 g/mol. The molecule has 2 saturated carbocycles. The molecule has 2 aliphatic rings. The lowest BCUT2D eigenvalue weighted by molar-refractivity contribution is -0.759. The second-order valence-corrected chi connectivity index (χ2v) is 9.56. The highest BCUT2D eigenvalue weighted by Crippen LogP contribution is 2.57. The summed E-state index contributed by atoms with van der Waals surface area (Å²) < 4.78 is 0. The molecule has 5 atom stereocenters. The molecule has 0 saturated heterocycles. The van der Waals surface area contributed by atoms with Crippen molar-refractivity contribution in [3.05, 3.63) is 50.4 Å². The van der Waals surface area contributed by atoms with Gasteiger partial charge >= 0.3 is 0 Å². The van der Waals surface area contributed by atoms with Gasteiger partial charge in [0.05, 0.1) is 0 Å². The second-order valence-electron chi connectivity index (χ2n) is 9.56. The van der Waals surface area contributed by atoms with Crippen molar-refractivity contribution in [1.29, 1.82) is 0 Å². The van der Waals surface area contributed by atoms with Crippen LogP contribution in [0.25, 0.3) is 0 Å². The SMILES string of the molecule is CCC1CC2CCCC(C2)C1(CCN)c1cccc(CCCC(CO[N+](=O)[O-])ON=O)c1. The molecule has 1 aromatic rings. The zero-order chi connectivity index (χ0) is 23.0. The molecule has 0 heterocycles. The van der Waals surface area contributed by atoms with E-state index in [0.717, 1.165) is 25.2 Å². The van der Waals surface area contributed by atoms with E-state index in [1.54, 1.807) is 0 Å². The molecule has 8 heteroatoms. The summed E-state index contributed by atoms with van der Waals surface area (Å²) in [5, 5.41) is 12.0. The van der Waals surface area contributed by atoms with Crippen LogP contribution in [0.1, 0.15) is 75.8 Å². The Bertz CT molecular complexity index is 757. The first-order valence-electron chi connectivity index (χ1n) is 12.1. The topological polar surface area (TPSA) is 117 Å². The van der Waals surface area contributed by atoms with Crippen LogP contribution in [0.3, 0.4) is 0 Å². The van der Waals surface area contributed by atoms with E-state index < -0.39 is 11.2 Å². The fraction of sp³-hybridized carbons (Fsp3) is 0.750. The van der Waals surface area contributed by atoms with Crippen molar-refractivity contribution in [2.45, 2.75) is 82.7 Å². The van der Waals surface area contributed by atoms with E-state index in [-0.39, 0.29) is 12.0 Å². The Morgan fingerprint density at radius 2 is 2.19 bits per heavy atom. The number of hydrogen-bond acceptors (Lipinski definition) is 7. The molecule has 2 bridgehead atoms. The van der Waals surface area contributed by atoms with E-state index in [1.165, 1.54) is 49.7 Å². The molecular formula is C24H37N3O5. The first kappa shape index (κ1) is 24.4. The van der Waals surface area contributed by atoms with Gasteiger partial charge in [0.25, 0.3) is 5.09 Å². The largest absolute Gasteiger partial charge is 0.359 e. The molecule has 3 rings (SSSR count). The lowest BCUT2D eigenvalue weighted by atomic mass is 9.49. The maximum Gasteiger partial charge on any atom is 0.294 e. The predicted octanol–water partition coefficient (Wildman–Crippen LogP) is 5.11. The van der Waals surface area contributed by atoms with Crippen molar-refractivity contribution in [1.82, 2.24) is 0 Å². The minimum atomic E-state index is -0.883. The summed E-state index contributed by atoms with van der Waals surface area (Å²) in [6.45, 7) is 2.74. The van der Waals surface area contributed by atoms with Crippen molar-refractivity contribution in [3.8, 4) is 0 Å². The maximum absolute atomic E-state index is 10.4. The Kier molecular flexibility index (Phi) is 8.84. The Labute approximate surface area is 190 Å². The van der Waals surface area contributed by atoms with Gasteiger partial charge < -0.3 is 15.4 Å². The highest BCUT2D eigenvalue weighted by atomic mass is 17.0. The number of nitrogens with two attached hydrogens (primary N) is 1.